The van der Waals surface area contributed by atoms with E-state index in [4.69, 9.17) is 4.52 Å². The number of hydrogen-bond donors (Lipinski definition) is 0. The average Bonchev–Trinajstić information content (AvgIpc) is 2.88. The molecule has 2 heterocycles. The van der Waals surface area contributed by atoms with Gasteiger partial charge >= 0.3 is 0 Å². The lowest BCUT2D eigenvalue weighted by molar-refractivity contribution is 0.375. The van der Waals surface area contributed by atoms with Crippen LogP contribution in [0.3, 0.4) is 0 Å². The highest BCUT2D eigenvalue weighted by Crippen LogP contribution is 2.31. The summed E-state index contributed by atoms with van der Waals surface area (Å²) in [6.45, 7) is 4.00. The van der Waals surface area contributed by atoms with Gasteiger partial charge in [-0.1, -0.05) is 23.8 Å². The van der Waals surface area contributed by atoms with Crippen LogP contribution >= 0.6 is 11.8 Å². The summed E-state index contributed by atoms with van der Waals surface area (Å²) in [4.78, 5) is 8.42. The predicted octanol–water partition coefficient (Wildman–Crippen LogP) is 1.61. The van der Waals surface area contributed by atoms with Crippen LogP contribution in [0.1, 0.15) is 30.8 Å². The van der Waals surface area contributed by atoms with Gasteiger partial charge in [-0.15, -0.1) is 0 Å². The first-order valence-electron chi connectivity index (χ1n) is 5.03. The topological polar surface area (TPSA) is 69.6 Å². The zero-order valence-electron chi connectivity index (χ0n) is 9.41. The first-order valence-corrected chi connectivity index (χ1v) is 5.91. The van der Waals surface area contributed by atoms with Crippen molar-refractivity contribution in [1.29, 1.82) is 0 Å². The average molecular weight is 239 g/mol. The summed E-state index contributed by atoms with van der Waals surface area (Å²) in [5.74, 6) is 1.37. The number of rotatable bonds is 4. The van der Waals surface area contributed by atoms with E-state index >= 15 is 0 Å². The van der Waals surface area contributed by atoms with E-state index in [1.54, 1.807) is 16.4 Å². The fraction of sp³-hybridized carbons (Fsp3) is 0.556. The monoisotopic (exact) mass is 239 g/mol. The van der Waals surface area contributed by atoms with E-state index in [1.807, 2.05) is 20.9 Å². The third-order valence-electron chi connectivity index (χ3n) is 2.10. The molecule has 0 bridgehead atoms. The van der Waals surface area contributed by atoms with Gasteiger partial charge in [0.1, 0.15) is 6.33 Å². The minimum atomic E-state index is 0.0794. The molecule has 0 spiro atoms. The van der Waals surface area contributed by atoms with E-state index in [0.717, 1.165) is 17.4 Å². The van der Waals surface area contributed by atoms with E-state index in [-0.39, 0.29) is 5.25 Å². The van der Waals surface area contributed by atoms with Crippen LogP contribution in [0.25, 0.3) is 0 Å². The molecule has 0 saturated heterocycles. The van der Waals surface area contributed by atoms with Crippen molar-refractivity contribution < 1.29 is 4.52 Å². The number of hydrogen-bond acceptors (Lipinski definition) is 6. The standard InChI is InChI=1S/C9H13N5OS/c1-4-7-12-8(15-13-7)6(2)16-9-10-5-11-14(9)3/h5-6H,4H2,1-3H3/t6-/m1/s1. The maximum Gasteiger partial charge on any atom is 0.239 e. The zero-order valence-corrected chi connectivity index (χ0v) is 10.2. The SMILES string of the molecule is CCc1noc([C@@H](C)Sc2ncnn2C)n1. The van der Waals surface area contributed by atoms with Crippen LogP contribution in [0.15, 0.2) is 16.0 Å². The third-order valence-corrected chi connectivity index (χ3v) is 3.24. The second kappa shape index (κ2) is 4.65. The number of thioether (sulfide) groups is 1. The molecule has 86 valence electrons. The van der Waals surface area contributed by atoms with Crippen LogP contribution in [0.4, 0.5) is 0 Å². The Bertz CT molecular complexity index is 466. The maximum atomic E-state index is 5.17. The molecule has 2 aromatic rings. The molecule has 0 radical (unpaired) electrons. The Morgan fingerprint density at radius 1 is 1.56 bits per heavy atom. The van der Waals surface area contributed by atoms with Crippen LogP contribution in [-0.4, -0.2) is 24.9 Å². The molecule has 0 aromatic carbocycles. The van der Waals surface area contributed by atoms with Gasteiger partial charge in [0.05, 0.1) is 5.25 Å². The van der Waals surface area contributed by atoms with Crippen molar-refractivity contribution in [3.8, 4) is 0 Å². The molecule has 16 heavy (non-hydrogen) atoms. The molecule has 1 atom stereocenters. The van der Waals surface area contributed by atoms with Crippen molar-refractivity contribution in [2.24, 2.45) is 7.05 Å². The predicted molar refractivity (Wildman–Crippen MR) is 59.0 cm³/mol. The Balaban J connectivity index is 2.08. The molecule has 7 heteroatoms. The second-order valence-electron chi connectivity index (χ2n) is 3.33. The molecule has 0 saturated carbocycles. The summed E-state index contributed by atoms with van der Waals surface area (Å²) < 4.78 is 6.89. The minimum absolute atomic E-state index is 0.0794. The second-order valence-corrected chi connectivity index (χ2v) is 4.64. The van der Waals surface area contributed by atoms with Gasteiger partial charge in [0.25, 0.3) is 0 Å². The fourth-order valence-electron chi connectivity index (χ4n) is 1.18. The molecular weight excluding hydrogens is 226 g/mol. The number of aryl methyl sites for hydroxylation is 2. The van der Waals surface area contributed by atoms with Gasteiger partial charge in [0.2, 0.25) is 5.89 Å². The summed E-state index contributed by atoms with van der Waals surface area (Å²) in [5.41, 5.74) is 0. The Hall–Kier alpha value is -1.37. The van der Waals surface area contributed by atoms with Crippen molar-refractivity contribution in [2.75, 3.05) is 0 Å². The molecular formula is C9H13N5OS. The highest BCUT2D eigenvalue weighted by atomic mass is 32.2. The molecule has 6 nitrogen and oxygen atoms in total. The van der Waals surface area contributed by atoms with E-state index in [2.05, 4.69) is 20.2 Å². The van der Waals surface area contributed by atoms with Crippen LogP contribution < -0.4 is 0 Å². The molecule has 2 rings (SSSR count). The van der Waals surface area contributed by atoms with Gasteiger partial charge in [0, 0.05) is 13.5 Å². The molecule has 0 N–H and O–H groups in total. The van der Waals surface area contributed by atoms with Gasteiger partial charge in [0.15, 0.2) is 11.0 Å². The lowest BCUT2D eigenvalue weighted by atomic mass is 10.4. The van der Waals surface area contributed by atoms with E-state index in [0.29, 0.717) is 5.89 Å². The van der Waals surface area contributed by atoms with Gasteiger partial charge < -0.3 is 4.52 Å². The summed E-state index contributed by atoms with van der Waals surface area (Å²) in [6.07, 6.45) is 2.31. The quantitative estimate of drug-likeness (QED) is 0.755. The Labute approximate surface area is 97.4 Å². The van der Waals surface area contributed by atoms with Gasteiger partial charge in [-0.25, -0.2) is 9.67 Å². The number of aromatic nitrogens is 5. The zero-order chi connectivity index (χ0) is 11.5. The molecule has 0 amide bonds. The third kappa shape index (κ3) is 2.24. The summed E-state index contributed by atoms with van der Waals surface area (Å²) in [5, 5.41) is 8.78. The first-order chi connectivity index (χ1) is 7.70. The van der Waals surface area contributed by atoms with Crippen molar-refractivity contribution >= 4 is 11.8 Å². The van der Waals surface area contributed by atoms with Crippen molar-refractivity contribution in [3.63, 3.8) is 0 Å². The molecule has 0 aliphatic rings. The smallest absolute Gasteiger partial charge is 0.239 e. The largest absolute Gasteiger partial charge is 0.338 e. The van der Waals surface area contributed by atoms with E-state index in [1.165, 1.54) is 6.33 Å². The normalized spacial score (nSPS) is 12.9. The fourth-order valence-corrected chi connectivity index (χ4v) is 2.00. The van der Waals surface area contributed by atoms with Crippen molar-refractivity contribution in [1.82, 2.24) is 24.9 Å². The van der Waals surface area contributed by atoms with Crippen LogP contribution in [-0.2, 0) is 13.5 Å². The lowest BCUT2D eigenvalue weighted by Gasteiger charge is -2.04. The minimum Gasteiger partial charge on any atom is -0.338 e. The van der Waals surface area contributed by atoms with Crippen LogP contribution in [0, 0.1) is 0 Å². The first kappa shape index (κ1) is 11.1. The summed E-state index contributed by atoms with van der Waals surface area (Å²) >= 11 is 1.55. The molecule has 0 aliphatic carbocycles. The molecule has 2 aromatic heterocycles. The highest BCUT2D eigenvalue weighted by Gasteiger charge is 2.17. The Morgan fingerprint density at radius 2 is 2.38 bits per heavy atom. The summed E-state index contributed by atoms with van der Waals surface area (Å²) in [7, 11) is 1.85. The van der Waals surface area contributed by atoms with Gasteiger partial charge in [-0.05, 0) is 6.92 Å². The highest BCUT2D eigenvalue weighted by molar-refractivity contribution is 7.99. The Kier molecular flexibility index (Phi) is 3.23. The Morgan fingerprint density at radius 3 is 2.94 bits per heavy atom. The molecule has 0 fully saturated rings. The van der Waals surface area contributed by atoms with Gasteiger partial charge in [-0.3, -0.25) is 0 Å². The van der Waals surface area contributed by atoms with E-state index < -0.39 is 0 Å². The number of nitrogens with zero attached hydrogens (tertiary/aromatic N) is 5. The maximum absolute atomic E-state index is 5.17. The van der Waals surface area contributed by atoms with Crippen LogP contribution in [0.5, 0.6) is 0 Å². The van der Waals surface area contributed by atoms with Crippen LogP contribution in [0.2, 0.25) is 0 Å². The molecule has 0 unspecified atom stereocenters. The lowest BCUT2D eigenvalue weighted by Crippen LogP contribution is -1.96. The van der Waals surface area contributed by atoms with Gasteiger partial charge in [-0.2, -0.15) is 10.1 Å². The van der Waals surface area contributed by atoms with E-state index in [9.17, 15) is 0 Å². The molecule has 0 aliphatic heterocycles. The van der Waals surface area contributed by atoms with Crippen molar-refractivity contribution in [3.05, 3.63) is 18.0 Å². The summed E-state index contributed by atoms with van der Waals surface area (Å²) in [6, 6.07) is 0. The van der Waals surface area contributed by atoms with Crippen molar-refractivity contribution in [2.45, 2.75) is 30.7 Å².